The number of halogens is 2. The van der Waals surface area contributed by atoms with Gasteiger partial charge in [-0.3, -0.25) is 9.69 Å². The Hall–Kier alpha value is -1.57. The van der Waals surface area contributed by atoms with E-state index in [0.717, 1.165) is 38.4 Å². The Labute approximate surface area is 152 Å². The van der Waals surface area contributed by atoms with Crippen molar-refractivity contribution in [3.63, 3.8) is 0 Å². The first-order valence-electron chi connectivity index (χ1n) is 9.18. The molecule has 1 spiro atoms. The minimum atomic E-state index is -0.878. The lowest BCUT2D eigenvalue weighted by molar-refractivity contribution is -0.146. The van der Waals surface area contributed by atoms with Crippen LogP contribution in [0.4, 0.5) is 8.78 Å². The van der Waals surface area contributed by atoms with Gasteiger partial charge in [-0.2, -0.15) is 0 Å². The van der Waals surface area contributed by atoms with Gasteiger partial charge in [0, 0.05) is 26.2 Å². The van der Waals surface area contributed by atoms with Crippen molar-refractivity contribution in [1.29, 1.82) is 0 Å². The molecule has 1 amide bonds. The van der Waals surface area contributed by atoms with Crippen LogP contribution in [0.2, 0.25) is 0 Å². The monoisotopic (exact) mass is 368 g/mol. The lowest BCUT2D eigenvalue weighted by Gasteiger charge is -2.39. The molecule has 3 rings (SSSR count). The number of amides is 1. The number of piperidine rings is 1. The predicted octanol–water partition coefficient (Wildman–Crippen LogP) is 1.79. The van der Waals surface area contributed by atoms with Crippen molar-refractivity contribution in [3.8, 4) is 0 Å². The maximum atomic E-state index is 13.4. The highest BCUT2D eigenvalue weighted by atomic mass is 19.2. The molecule has 2 heterocycles. The number of hydrogen-bond donors (Lipinski definition) is 1. The molecule has 2 aliphatic heterocycles. The van der Waals surface area contributed by atoms with Gasteiger partial charge < -0.3 is 14.7 Å². The minimum Gasteiger partial charge on any atom is -0.394 e. The van der Waals surface area contributed by atoms with Crippen LogP contribution in [-0.2, 0) is 16.1 Å². The lowest BCUT2D eigenvalue weighted by Crippen LogP contribution is -2.49. The summed E-state index contributed by atoms with van der Waals surface area (Å²) in [5.74, 6) is -1.63. The summed E-state index contributed by atoms with van der Waals surface area (Å²) >= 11 is 0. The second kappa shape index (κ2) is 8.41. The third kappa shape index (κ3) is 4.22. The topological polar surface area (TPSA) is 53.0 Å². The maximum Gasteiger partial charge on any atom is 0.230 e. The summed E-state index contributed by atoms with van der Waals surface area (Å²) in [5, 5.41) is 8.74. The third-order valence-electron chi connectivity index (χ3n) is 5.40. The molecule has 144 valence electrons. The molecule has 7 heteroatoms. The van der Waals surface area contributed by atoms with Gasteiger partial charge in [0.2, 0.25) is 5.91 Å². The van der Waals surface area contributed by atoms with E-state index in [9.17, 15) is 13.6 Å². The van der Waals surface area contributed by atoms with Gasteiger partial charge in [0.05, 0.1) is 25.2 Å². The third-order valence-corrected chi connectivity index (χ3v) is 5.40. The number of carbonyl (C=O) groups excluding carboxylic acids is 1. The van der Waals surface area contributed by atoms with Gasteiger partial charge in [0.15, 0.2) is 11.6 Å². The van der Waals surface area contributed by atoms with E-state index in [1.54, 1.807) is 4.90 Å². The molecule has 1 atom stereocenters. The summed E-state index contributed by atoms with van der Waals surface area (Å²) in [6.07, 6.45) is 2.61. The Morgan fingerprint density at radius 2 is 2.00 bits per heavy atom. The zero-order valence-corrected chi connectivity index (χ0v) is 14.9. The van der Waals surface area contributed by atoms with E-state index in [1.807, 2.05) is 0 Å². The Bertz CT molecular complexity index is 643. The summed E-state index contributed by atoms with van der Waals surface area (Å²) in [5.41, 5.74) is 0.245. The summed E-state index contributed by atoms with van der Waals surface area (Å²) < 4.78 is 31.9. The maximum absolute atomic E-state index is 13.4. The number of benzene rings is 1. The molecule has 0 aromatic heterocycles. The van der Waals surface area contributed by atoms with Crippen LogP contribution in [0.15, 0.2) is 18.2 Å². The normalized spacial score (nSPS) is 24.0. The highest BCUT2D eigenvalue weighted by Gasteiger charge is 2.48. The number of hydrogen-bond acceptors (Lipinski definition) is 4. The van der Waals surface area contributed by atoms with E-state index in [1.165, 1.54) is 12.1 Å². The number of likely N-dealkylation sites (tertiary alicyclic amines) is 2. The van der Waals surface area contributed by atoms with Crippen LogP contribution in [0.1, 0.15) is 24.8 Å². The first-order valence-corrected chi connectivity index (χ1v) is 9.18. The second-order valence-electron chi connectivity index (χ2n) is 7.22. The van der Waals surface area contributed by atoms with Crippen molar-refractivity contribution in [1.82, 2.24) is 9.80 Å². The molecule has 26 heavy (non-hydrogen) atoms. The first-order chi connectivity index (χ1) is 12.5. The van der Waals surface area contributed by atoms with E-state index < -0.39 is 11.6 Å². The highest BCUT2D eigenvalue weighted by Crippen LogP contribution is 2.40. The first kappa shape index (κ1) is 19.2. The van der Waals surface area contributed by atoms with Crippen LogP contribution in [0, 0.1) is 17.0 Å². The molecule has 0 bridgehead atoms. The Balaban J connectivity index is 1.59. The van der Waals surface area contributed by atoms with Crippen molar-refractivity contribution in [2.24, 2.45) is 5.41 Å². The molecule has 0 radical (unpaired) electrons. The van der Waals surface area contributed by atoms with E-state index >= 15 is 0 Å². The molecular formula is C19H26F2N2O3. The van der Waals surface area contributed by atoms with Gasteiger partial charge in [-0.1, -0.05) is 6.07 Å². The summed E-state index contributed by atoms with van der Waals surface area (Å²) in [6.45, 7) is 4.18. The van der Waals surface area contributed by atoms with Gasteiger partial charge in [-0.05, 0) is 43.5 Å². The van der Waals surface area contributed by atoms with E-state index in [2.05, 4.69) is 4.90 Å². The molecule has 2 fully saturated rings. The summed E-state index contributed by atoms with van der Waals surface area (Å²) in [6, 6.07) is 3.81. The molecule has 0 saturated carbocycles. The molecule has 2 aliphatic rings. The van der Waals surface area contributed by atoms with Crippen molar-refractivity contribution in [2.45, 2.75) is 25.8 Å². The average molecular weight is 368 g/mol. The largest absolute Gasteiger partial charge is 0.394 e. The van der Waals surface area contributed by atoms with Gasteiger partial charge in [0.1, 0.15) is 0 Å². The van der Waals surface area contributed by atoms with Crippen molar-refractivity contribution in [2.75, 3.05) is 46.0 Å². The van der Waals surface area contributed by atoms with Gasteiger partial charge in [-0.15, -0.1) is 0 Å². The highest BCUT2D eigenvalue weighted by molar-refractivity contribution is 5.84. The second-order valence-corrected chi connectivity index (χ2v) is 7.22. The van der Waals surface area contributed by atoms with Gasteiger partial charge in [0.25, 0.3) is 0 Å². The van der Waals surface area contributed by atoms with Gasteiger partial charge >= 0.3 is 0 Å². The Kier molecular flexibility index (Phi) is 6.21. The summed E-state index contributed by atoms with van der Waals surface area (Å²) in [4.78, 5) is 17.1. The van der Waals surface area contributed by atoms with Crippen LogP contribution in [0.25, 0.3) is 0 Å². The predicted molar refractivity (Wildman–Crippen MR) is 92.4 cm³/mol. The quantitative estimate of drug-likeness (QED) is 0.746. The molecule has 0 aliphatic carbocycles. The summed E-state index contributed by atoms with van der Waals surface area (Å²) in [7, 11) is 0. The van der Waals surface area contributed by atoms with Crippen molar-refractivity contribution >= 4 is 5.91 Å². The van der Waals surface area contributed by atoms with E-state index in [4.69, 9.17) is 9.84 Å². The van der Waals surface area contributed by atoms with Crippen LogP contribution < -0.4 is 0 Å². The standard InChI is InChI=1S/C19H26F2N2O3/c20-16-3-2-15(12-17(16)21)13-23-6-1-4-19(18(23)25)5-7-22(14-19)8-10-26-11-9-24/h2-3,12,24H,1,4-11,13-14H2/t19-/m1/s1. The fourth-order valence-electron chi connectivity index (χ4n) is 4.05. The zero-order chi connectivity index (χ0) is 18.6. The molecule has 5 nitrogen and oxygen atoms in total. The number of aliphatic hydroxyl groups excluding tert-OH is 1. The molecule has 2 saturated heterocycles. The lowest BCUT2D eigenvalue weighted by atomic mass is 9.78. The number of aliphatic hydroxyl groups is 1. The van der Waals surface area contributed by atoms with Crippen LogP contribution in [0.5, 0.6) is 0 Å². The minimum absolute atomic E-state index is 0.0152. The molecule has 0 unspecified atom stereocenters. The average Bonchev–Trinajstić information content (AvgIpc) is 3.03. The molecule has 1 aromatic carbocycles. The van der Waals surface area contributed by atoms with Crippen LogP contribution in [0.3, 0.4) is 0 Å². The van der Waals surface area contributed by atoms with Gasteiger partial charge in [-0.25, -0.2) is 8.78 Å². The molecular weight excluding hydrogens is 342 g/mol. The fourth-order valence-corrected chi connectivity index (χ4v) is 4.05. The fraction of sp³-hybridized carbons (Fsp3) is 0.632. The van der Waals surface area contributed by atoms with E-state index in [0.29, 0.717) is 38.4 Å². The Morgan fingerprint density at radius 1 is 1.15 bits per heavy atom. The number of rotatable bonds is 7. The molecule has 1 N–H and O–H groups in total. The number of carbonyl (C=O) groups is 1. The molecule has 1 aromatic rings. The number of nitrogens with zero attached hydrogens (tertiary/aromatic N) is 2. The number of ether oxygens (including phenoxy) is 1. The van der Waals surface area contributed by atoms with E-state index in [-0.39, 0.29) is 17.9 Å². The van der Waals surface area contributed by atoms with Crippen LogP contribution in [-0.4, -0.2) is 66.8 Å². The van der Waals surface area contributed by atoms with Crippen molar-refractivity contribution in [3.05, 3.63) is 35.4 Å². The smallest absolute Gasteiger partial charge is 0.230 e. The van der Waals surface area contributed by atoms with Crippen molar-refractivity contribution < 1.29 is 23.4 Å². The van der Waals surface area contributed by atoms with Crippen LogP contribution >= 0.6 is 0 Å². The zero-order valence-electron chi connectivity index (χ0n) is 14.9. The Morgan fingerprint density at radius 3 is 2.77 bits per heavy atom. The SMILES string of the molecule is O=C1N(Cc2ccc(F)c(F)c2)CCC[C@]12CCN(CCOCCO)C2.